The Balaban J connectivity index is 1.79. The minimum Gasteiger partial charge on any atom is -0.471 e. The molecule has 6 nitrogen and oxygen atoms in total. The molecule has 0 amide bonds. The highest BCUT2D eigenvalue weighted by atomic mass is 16.7. The number of hydrogen-bond donors (Lipinski definition) is 0. The number of esters is 1. The van der Waals surface area contributed by atoms with Gasteiger partial charge in [0.25, 0.3) is 0 Å². The molecule has 0 spiro atoms. The molecule has 0 saturated carbocycles. The molecule has 6 heteroatoms. The van der Waals surface area contributed by atoms with E-state index >= 15 is 0 Å². The molecule has 1 aliphatic carbocycles. The van der Waals surface area contributed by atoms with E-state index in [1.54, 1.807) is 6.21 Å². The third kappa shape index (κ3) is 3.74. The van der Waals surface area contributed by atoms with Crippen LogP contribution < -0.4 is 0 Å². The first-order valence-electron chi connectivity index (χ1n) is 8.10. The van der Waals surface area contributed by atoms with Gasteiger partial charge in [0.05, 0.1) is 37.7 Å². The molecule has 25 heavy (non-hydrogen) atoms. The molecular weight excluding hydrogens is 322 g/mol. The topological polar surface area (TPSA) is 66.4 Å². The van der Waals surface area contributed by atoms with Gasteiger partial charge in [-0.05, 0) is 17.6 Å². The van der Waals surface area contributed by atoms with Gasteiger partial charge in [-0.15, -0.1) is 0 Å². The first kappa shape index (κ1) is 17.2. The second kappa shape index (κ2) is 7.98. The molecule has 1 aromatic carbocycles. The van der Waals surface area contributed by atoms with Crippen molar-refractivity contribution in [3.05, 3.63) is 59.4 Å². The fraction of sp³-hybridized carbons (Fsp3) is 0.368. The molecule has 2 aliphatic rings. The van der Waals surface area contributed by atoms with Crippen LogP contribution in [-0.4, -0.2) is 32.7 Å². The Hall–Kier alpha value is -2.60. The smallest absolute Gasteiger partial charge is 0.337 e. The van der Waals surface area contributed by atoms with Crippen molar-refractivity contribution < 1.29 is 23.8 Å². The zero-order chi connectivity index (χ0) is 17.6. The van der Waals surface area contributed by atoms with Crippen molar-refractivity contribution in [1.29, 1.82) is 0 Å². The van der Waals surface area contributed by atoms with Crippen LogP contribution in [0.2, 0.25) is 0 Å². The molecule has 1 heterocycles. The van der Waals surface area contributed by atoms with Gasteiger partial charge < -0.3 is 19.0 Å². The van der Waals surface area contributed by atoms with Crippen LogP contribution in [-0.2, 0) is 30.4 Å². The summed E-state index contributed by atoms with van der Waals surface area (Å²) in [6.07, 6.45) is 5.34. The number of rotatable bonds is 6. The second-order valence-corrected chi connectivity index (χ2v) is 5.86. The van der Waals surface area contributed by atoms with E-state index < -0.39 is 6.29 Å². The Morgan fingerprint density at radius 3 is 2.84 bits per heavy atom. The highest BCUT2D eigenvalue weighted by Crippen LogP contribution is 2.43. The number of carbonyl (C=O) groups excluding carboxylic acids is 1. The number of nitrogens with zero attached hydrogens (tertiary/aromatic N) is 1. The third-order valence-corrected chi connectivity index (χ3v) is 4.43. The highest BCUT2D eigenvalue weighted by molar-refractivity contribution is 5.90. The SMILES string of the molecule is CON=CC1=CC[C@@H]2C(C(=O)OC)=CO[C@@H](OCc3ccccc3)[C@H]12. The number of ether oxygens (including phenoxy) is 3. The van der Waals surface area contributed by atoms with Gasteiger partial charge in [-0.3, -0.25) is 0 Å². The second-order valence-electron chi connectivity index (χ2n) is 5.86. The summed E-state index contributed by atoms with van der Waals surface area (Å²) in [5, 5.41) is 3.85. The standard InChI is InChI=1S/C19H21NO5/c1-22-18(21)16-12-25-19(24-11-13-6-4-3-5-7-13)17-14(10-20-23-2)8-9-15(16)17/h3-8,10,12,15,17,19H,9,11H2,1-2H3/t15-,17-,19-/m1/s1. The van der Waals surface area contributed by atoms with Crippen LogP contribution in [0.1, 0.15) is 12.0 Å². The zero-order valence-corrected chi connectivity index (χ0v) is 14.3. The highest BCUT2D eigenvalue weighted by Gasteiger charge is 2.44. The van der Waals surface area contributed by atoms with E-state index in [1.807, 2.05) is 36.4 Å². The molecule has 0 aromatic heterocycles. The predicted octanol–water partition coefficient (Wildman–Crippen LogP) is 2.81. The van der Waals surface area contributed by atoms with Gasteiger partial charge >= 0.3 is 5.97 Å². The molecule has 1 aliphatic heterocycles. The maximum atomic E-state index is 12.0. The summed E-state index contributed by atoms with van der Waals surface area (Å²) in [4.78, 5) is 16.8. The molecule has 0 fully saturated rings. The zero-order valence-electron chi connectivity index (χ0n) is 14.3. The molecular formula is C19H21NO5. The van der Waals surface area contributed by atoms with E-state index in [1.165, 1.54) is 20.5 Å². The van der Waals surface area contributed by atoms with E-state index in [2.05, 4.69) is 5.16 Å². The average molecular weight is 343 g/mol. The quantitative estimate of drug-likeness (QED) is 0.451. The molecule has 3 atom stereocenters. The lowest BCUT2D eigenvalue weighted by molar-refractivity contribution is -0.159. The van der Waals surface area contributed by atoms with Gasteiger partial charge in [0.1, 0.15) is 7.11 Å². The summed E-state index contributed by atoms with van der Waals surface area (Å²) in [5.41, 5.74) is 2.50. The number of methoxy groups -OCH3 is 1. The van der Waals surface area contributed by atoms with Crippen LogP contribution >= 0.6 is 0 Å². The fourth-order valence-electron chi connectivity index (χ4n) is 3.22. The molecule has 132 valence electrons. The number of allylic oxidation sites excluding steroid dienone is 1. The Labute approximate surface area is 146 Å². The Morgan fingerprint density at radius 1 is 1.32 bits per heavy atom. The number of hydrogen-bond acceptors (Lipinski definition) is 6. The third-order valence-electron chi connectivity index (χ3n) is 4.43. The molecule has 0 bridgehead atoms. The summed E-state index contributed by atoms with van der Waals surface area (Å²) in [6.45, 7) is 0.421. The summed E-state index contributed by atoms with van der Waals surface area (Å²) in [6, 6.07) is 9.87. The molecule has 0 N–H and O–H groups in total. The largest absolute Gasteiger partial charge is 0.471 e. The lowest BCUT2D eigenvalue weighted by atomic mass is 9.83. The van der Waals surface area contributed by atoms with E-state index in [0.29, 0.717) is 18.6 Å². The fourth-order valence-corrected chi connectivity index (χ4v) is 3.22. The maximum Gasteiger partial charge on any atom is 0.337 e. The maximum absolute atomic E-state index is 12.0. The van der Waals surface area contributed by atoms with E-state index in [-0.39, 0.29) is 17.8 Å². The van der Waals surface area contributed by atoms with Crippen molar-refractivity contribution in [3.63, 3.8) is 0 Å². The number of carbonyl (C=O) groups is 1. The normalized spacial score (nSPS) is 25.0. The van der Waals surface area contributed by atoms with Crippen LogP contribution in [0.5, 0.6) is 0 Å². The molecule has 0 radical (unpaired) electrons. The van der Waals surface area contributed by atoms with Crippen LogP contribution in [0, 0.1) is 11.8 Å². The van der Waals surface area contributed by atoms with Gasteiger partial charge in [-0.2, -0.15) is 0 Å². The van der Waals surface area contributed by atoms with Crippen molar-refractivity contribution >= 4 is 12.2 Å². The van der Waals surface area contributed by atoms with Crippen molar-refractivity contribution in [3.8, 4) is 0 Å². The Kier molecular flexibility index (Phi) is 5.50. The number of fused-ring (bicyclic) bond motifs is 1. The number of benzene rings is 1. The van der Waals surface area contributed by atoms with Crippen LogP contribution in [0.4, 0.5) is 0 Å². The van der Waals surface area contributed by atoms with Gasteiger partial charge in [0, 0.05) is 5.92 Å². The molecule has 3 rings (SSSR count). The van der Waals surface area contributed by atoms with Gasteiger partial charge in [0.15, 0.2) is 0 Å². The lowest BCUT2D eigenvalue weighted by Crippen LogP contribution is -2.37. The Morgan fingerprint density at radius 2 is 2.12 bits per heavy atom. The van der Waals surface area contributed by atoms with Crippen LogP contribution in [0.3, 0.4) is 0 Å². The van der Waals surface area contributed by atoms with E-state index in [4.69, 9.17) is 19.0 Å². The monoisotopic (exact) mass is 343 g/mol. The Bertz CT molecular complexity index is 695. The van der Waals surface area contributed by atoms with E-state index in [0.717, 1.165) is 11.1 Å². The summed E-state index contributed by atoms with van der Waals surface area (Å²) < 4.78 is 16.6. The van der Waals surface area contributed by atoms with Gasteiger partial charge in [0.2, 0.25) is 6.29 Å². The van der Waals surface area contributed by atoms with Crippen LogP contribution in [0.15, 0.2) is 59.0 Å². The first-order valence-corrected chi connectivity index (χ1v) is 8.10. The van der Waals surface area contributed by atoms with Gasteiger partial charge in [-0.1, -0.05) is 41.6 Å². The summed E-state index contributed by atoms with van der Waals surface area (Å²) in [5.74, 6) is -0.572. The lowest BCUT2D eigenvalue weighted by Gasteiger charge is -2.34. The van der Waals surface area contributed by atoms with Crippen molar-refractivity contribution in [1.82, 2.24) is 0 Å². The molecule has 0 saturated heterocycles. The van der Waals surface area contributed by atoms with E-state index in [9.17, 15) is 4.79 Å². The van der Waals surface area contributed by atoms with Crippen molar-refractivity contribution in [2.75, 3.05) is 14.2 Å². The predicted molar refractivity (Wildman–Crippen MR) is 91.4 cm³/mol. The number of oxime groups is 1. The average Bonchev–Trinajstić information content (AvgIpc) is 3.09. The summed E-state index contributed by atoms with van der Waals surface area (Å²) >= 11 is 0. The van der Waals surface area contributed by atoms with Crippen molar-refractivity contribution in [2.45, 2.75) is 19.3 Å². The van der Waals surface area contributed by atoms with Crippen LogP contribution in [0.25, 0.3) is 0 Å². The molecule has 0 unspecified atom stereocenters. The minimum atomic E-state index is -0.504. The van der Waals surface area contributed by atoms with Crippen molar-refractivity contribution in [2.24, 2.45) is 17.0 Å². The minimum absolute atomic E-state index is 0.0553. The van der Waals surface area contributed by atoms with Gasteiger partial charge in [-0.25, -0.2) is 4.79 Å². The molecule has 1 aromatic rings. The first-order chi connectivity index (χ1) is 12.2. The summed E-state index contributed by atoms with van der Waals surface area (Å²) in [7, 11) is 2.86.